The third kappa shape index (κ3) is 2.28. The minimum absolute atomic E-state index is 0.980. The summed E-state index contributed by atoms with van der Waals surface area (Å²) in [7, 11) is 1.77. The molecule has 2 rings (SSSR count). The molecule has 0 unspecified atom stereocenters. The van der Waals surface area contributed by atoms with Crippen LogP contribution in [0.1, 0.15) is 38.5 Å². The summed E-state index contributed by atoms with van der Waals surface area (Å²) in [6.45, 7) is 0. The highest BCUT2D eigenvalue weighted by Crippen LogP contribution is 2.36. The summed E-state index contributed by atoms with van der Waals surface area (Å²) in [6.07, 6.45) is 11.1. The van der Waals surface area contributed by atoms with Gasteiger partial charge in [-0.15, -0.1) is 0 Å². The molecule has 1 nitrogen and oxygen atoms in total. The van der Waals surface area contributed by atoms with Crippen molar-refractivity contribution in [3.8, 4) is 0 Å². The molecule has 0 amide bonds. The highest BCUT2D eigenvalue weighted by Gasteiger charge is 2.18. The normalized spacial score (nSPS) is 22.3. The maximum atomic E-state index is 6.28. The van der Waals surface area contributed by atoms with Crippen LogP contribution in [0.15, 0.2) is 34.1 Å². The van der Waals surface area contributed by atoms with E-state index in [2.05, 4.69) is 12.2 Å². The molecule has 0 radical (unpaired) electrons. The van der Waals surface area contributed by atoms with Crippen LogP contribution in [-0.4, -0.2) is 7.11 Å². The van der Waals surface area contributed by atoms with E-state index < -0.39 is 0 Å². The SMILES string of the molecule is COC1=C(C2=C(Cl)CCC=C2)CCCC1. The first-order valence-corrected chi connectivity index (χ1v) is 6.02. The van der Waals surface area contributed by atoms with Gasteiger partial charge in [0.1, 0.15) is 0 Å². The Hall–Kier alpha value is -0.690. The van der Waals surface area contributed by atoms with Gasteiger partial charge in [0.15, 0.2) is 0 Å². The molecule has 2 heteroatoms. The van der Waals surface area contributed by atoms with Gasteiger partial charge in [-0.2, -0.15) is 0 Å². The molecule has 0 aliphatic heterocycles. The molecule has 0 spiro atoms. The average molecular weight is 225 g/mol. The molecule has 0 aromatic rings. The van der Waals surface area contributed by atoms with E-state index in [1.807, 2.05) is 0 Å². The van der Waals surface area contributed by atoms with Gasteiger partial charge in [0.05, 0.1) is 12.9 Å². The van der Waals surface area contributed by atoms with Crippen LogP contribution in [0, 0.1) is 0 Å². The summed E-state index contributed by atoms with van der Waals surface area (Å²) in [5, 5.41) is 1.00. The first-order chi connectivity index (χ1) is 7.33. The molecule has 0 bridgehead atoms. The number of methoxy groups -OCH3 is 1. The van der Waals surface area contributed by atoms with Crippen LogP contribution < -0.4 is 0 Å². The van der Waals surface area contributed by atoms with Crippen molar-refractivity contribution in [3.05, 3.63) is 34.1 Å². The molecular weight excluding hydrogens is 208 g/mol. The molecule has 0 atom stereocenters. The second kappa shape index (κ2) is 4.89. The lowest BCUT2D eigenvalue weighted by Crippen LogP contribution is -2.05. The molecule has 0 aromatic carbocycles. The molecule has 0 aromatic heterocycles. The summed E-state index contributed by atoms with van der Waals surface area (Å²) < 4.78 is 5.46. The highest BCUT2D eigenvalue weighted by atomic mass is 35.5. The van der Waals surface area contributed by atoms with E-state index in [0.717, 1.165) is 36.5 Å². The zero-order chi connectivity index (χ0) is 10.7. The molecule has 2 aliphatic rings. The largest absolute Gasteiger partial charge is 0.501 e. The lowest BCUT2D eigenvalue weighted by molar-refractivity contribution is 0.262. The third-order valence-corrected chi connectivity index (χ3v) is 3.49. The molecule has 0 N–H and O–H groups in total. The summed E-state index contributed by atoms with van der Waals surface area (Å²) >= 11 is 6.28. The number of allylic oxidation sites excluding steroid dienone is 6. The zero-order valence-corrected chi connectivity index (χ0v) is 9.94. The van der Waals surface area contributed by atoms with Crippen molar-refractivity contribution in [2.45, 2.75) is 38.5 Å². The monoisotopic (exact) mass is 224 g/mol. The van der Waals surface area contributed by atoms with Gasteiger partial charge in [-0.05, 0) is 43.3 Å². The quantitative estimate of drug-likeness (QED) is 0.680. The van der Waals surface area contributed by atoms with E-state index in [0.29, 0.717) is 0 Å². The number of rotatable bonds is 2. The second-order valence-electron chi connectivity index (χ2n) is 4.07. The first-order valence-electron chi connectivity index (χ1n) is 5.64. The van der Waals surface area contributed by atoms with Crippen molar-refractivity contribution in [2.24, 2.45) is 0 Å². The second-order valence-corrected chi connectivity index (χ2v) is 4.53. The molecule has 2 aliphatic carbocycles. The Morgan fingerprint density at radius 1 is 1.20 bits per heavy atom. The fourth-order valence-corrected chi connectivity index (χ4v) is 2.57. The zero-order valence-electron chi connectivity index (χ0n) is 9.18. The number of ether oxygens (including phenoxy) is 1. The van der Waals surface area contributed by atoms with Crippen LogP contribution in [0.5, 0.6) is 0 Å². The van der Waals surface area contributed by atoms with Crippen molar-refractivity contribution < 1.29 is 4.74 Å². The molecule has 0 heterocycles. The van der Waals surface area contributed by atoms with Crippen molar-refractivity contribution in [3.63, 3.8) is 0 Å². The Morgan fingerprint density at radius 2 is 2.00 bits per heavy atom. The summed E-state index contributed by atoms with van der Waals surface area (Å²) in [6, 6.07) is 0. The van der Waals surface area contributed by atoms with Gasteiger partial charge in [0.25, 0.3) is 0 Å². The lowest BCUT2D eigenvalue weighted by Gasteiger charge is -2.22. The fourth-order valence-electron chi connectivity index (χ4n) is 2.29. The first kappa shape index (κ1) is 10.8. The van der Waals surface area contributed by atoms with E-state index in [9.17, 15) is 0 Å². The van der Waals surface area contributed by atoms with Crippen molar-refractivity contribution in [2.75, 3.05) is 7.11 Å². The molecule has 82 valence electrons. The minimum atomic E-state index is 0.980. The van der Waals surface area contributed by atoms with Crippen molar-refractivity contribution in [1.29, 1.82) is 0 Å². The van der Waals surface area contributed by atoms with Crippen molar-refractivity contribution in [1.82, 2.24) is 0 Å². The standard InChI is InChI=1S/C13H17ClO/c1-15-13-9-5-3-7-11(13)10-6-2-4-8-12(10)14/h2,6H,3-5,7-9H2,1H3. The Kier molecular flexibility index (Phi) is 3.53. The summed E-state index contributed by atoms with van der Waals surface area (Å²) in [5.74, 6) is 1.14. The van der Waals surface area contributed by atoms with Gasteiger partial charge in [0, 0.05) is 11.5 Å². The Labute approximate surface area is 96.5 Å². The summed E-state index contributed by atoms with van der Waals surface area (Å²) in [4.78, 5) is 0. The van der Waals surface area contributed by atoms with Crippen LogP contribution >= 0.6 is 11.6 Å². The maximum Gasteiger partial charge on any atom is 0.0993 e. The predicted molar refractivity (Wildman–Crippen MR) is 63.8 cm³/mol. The average Bonchev–Trinajstić information content (AvgIpc) is 2.30. The van der Waals surface area contributed by atoms with Crippen LogP contribution in [0.3, 0.4) is 0 Å². The van der Waals surface area contributed by atoms with E-state index in [4.69, 9.17) is 16.3 Å². The molecule has 15 heavy (non-hydrogen) atoms. The fraction of sp³-hybridized carbons (Fsp3) is 0.538. The lowest BCUT2D eigenvalue weighted by atomic mass is 9.89. The molecular formula is C13H17ClO. The third-order valence-electron chi connectivity index (χ3n) is 3.10. The van der Waals surface area contributed by atoms with Gasteiger partial charge in [-0.3, -0.25) is 0 Å². The molecule has 0 saturated carbocycles. The van der Waals surface area contributed by atoms with Crippen LogP contribution in [0.2, 0.25) is 0 Å². The topological polar surface area (TPSA) is 9.23 Å². The van der Waals surface area contributed by atoms with E-state index in [1.54, 1.807) is 7.11 Å². The van der Waals surface area contributed by atoms with Crippen LogP contribution in [0.4, 0.5) is 0 Å². The van der Waals surface area contributed by atoms with E-state index >= 15 is 0 Å². The number of halogens is 1. The Balaban J connectivity index is 2.35. The maximum absolute atomic E-state index is 6.28. The van der Waals surface area contributed by atoms with Crippen molar-refractivity contribution >= 4 is 11.6 Å². The smallest absolute Gasteiger partial charge is 0.0993 e. The number of hydrogen-bond donors (Lipinski definition) is 0. The molecule has 0 saturated heterocycles. The van der Waals surface area contributed by atoms with Gasteiger partial charge in [0.2, 0.25) is 0 Å². The van der Waals surface area contributed by atoms with E-state index in [1.165, 1.54) is 24.0 Å². The minimum Gasteiger partial charge on any atom is -0.501 e. The predicted octanol–water partition coefficient (Wildman–Crippen LogP) is 4.30. The van der Waals surface area contributed by atoms with Gasteiger partial charge in [-0.1, -0.05) is 23.8 Å². The van der Waals surface area contributed by atoms with E-state index in [-0.39, 0.29) is 0 Å². The van der Waals surface area contributed by atoms with Gasteiger partial charge in [-0.25, -0.2) is 0 Å². The van der Waals surface area contributed by atoms with Crippen LogP contribution in [-0.2, 0) is 4.74 Å². The molecule has 0 fully saturated rings. The number of hydrogen-bond acceptors (Lipinski definition) is 1. The highest BCUT2D eigenvalue weighted by molar-refractivity contribution is 6.30. The van der Waals surface area contributed by atoms with Crippen LogP contribution in [0.25, 0.3) is 0 Å². The Morgan fingerprint density at radius 3 is 2.73 bits per heavy atom. The van der Waals surface area contributed by atoms with Gasteiger partial charge >= 0.3 is 0 Å². The van der Waals surface area contributed by atoms with Gasteiger partial charge < -0.3 is 4.74 Å². The Bertz CT molecular complexity index is 336. The summed E-state index contributed by atoms with van der Waals surface area (Å²) in [5.41, 5.74) is 2.56.